The number of aliphatic hydroxyl groups is 2. The van der Waals surface area contributed by atoms with Gasteiger partial charge in [-0.3, -0.25) is 0 Å². The van der Waals surface area contributed by atoms with Gasteiger partial charge in [-0.25, -0.2) is 4.98 Å². The Morgan fingerprint density at radius 1 is 1.10 bits per heavy atom. The van der Waals surface area contributed by atoms with Crippen LogP contribution in [0.5, 0.6) is 0 Å². The summed E-state index contributed by atoms with van der Waals surface area (Å²) in [5.74, 6) is 1.93. The Labute approximate surface area is 166 Å². The van der Waals surface area contributed by atoms with E-state index in [1.54, 1.807) is 4.52 Å². The van der Waals surface area contributed by atoms with Crippen LogP contribution in [-0.4, -0.2) is 46.9 Å². The highest BCUT2D eigenvalue weighted by molar-refractivity contribution is 5.80. The Balaban J connectivity index is 1.38. The van der Waals surface area contributed by atoms with Crippen molar-refractivity contribution < 1.29 is 10.2 Å². The molecule has 9 heteroatoms. The predicted octanol–water partition coefficient (Wildman–Crippen LogP) is 2.56. The normalized spacial score (nSPS) is 19.7. The lowest BCUT2D eigenvalue weighted by Gasteiger charge is -2.26. The van der Waals surface area contributed by atoms with E-state index in [-0.39, 0.29) is 12.7 Å². The molecule has 1 aromatic carbocycles. The van der Waals surface area contributed by atoms with Gasteiger partial charge in [0.25, 0.3) is 0 Å². The molecule has 5 N–H and O–H groups in total. The Morgan fingerprint density at radius 2 is 1.97 bits per heavy atom. The first-order chi connectivity index (χ1) is 14.2. The van der Waals surface area contributed by atoms with Gasteiger partial charge in [0.1, 0.15) is 18.2 Å². The number of anilines is 3. The van der Waals surface area contributed by atoms with Crippen LogP contribution in [-0.2, 0) is 6.61 Å². The fraction of sp³-hybridized carbons (Fsp3) is 0.350. The molecule has 1 aliphatic rings. The van der Waals surface area contributed by atoms with Gasteiger partial charge in [0.2, 0.25) is 5.95 Å². The molecule has 3 aromatic heterocycles. The quantitative estimate of drug-likeness (QED) is 0.353. The number of aliphatic hydroxyl groups excluding tert-OH is 2. The molecule has 29 heavy (non-hydrogen) atoms. The highest BCUT2D eigenvalue weighted by atomic mass is 16.3. The molecule has 5 rings (SSSR count). The molecular weight excluding hydrogens is 370 g/mol. The van der Waals surface area contributed by atoms with Crippen molar-refractivity contribution >= 4 is 34.1 Å². The summed E-state index contributed by atoms with van der Waals surface area (Å²) >= 11 is 0. The molecule has 0 saturated heterocycles. The van der Waals surface area contributed by atoms with E-state index in [9.17, 15) is 10.2 Å². The number of pyridine rings is 1. The lowest BCUT2D eigenvalue weighted by molar-refractivity contribution is 0.126. The molecule has 9 nitrogen and oxygen atoms in total. The Bertz CT molecular complexity index is 1140. The van der Waals surface area contributed by atoms with Crippen LogP contribution < -0.4 is 10.6 Å². The van der Waals surface area contributed by atoms with E-state index in [0.29, 0.717) is 17.8 Å². The first-order valence-electron chi connectivity index (χ1n) is 9.85. The van der Waals surface area contributed by atoms with Crippen molar-refractivity contribution in [2.24, 2.45) is 0 Å². The fourth-order valence-corrected chi connectivity index (χ4v) is 3.84. The molecule has 0 atom stereocenters. The topological polar surface area (TPSA) is 123 Å². The van der Waals surface area contributed by atoms with Gasteiger partial charge in [0.15, 0.2) is 5.65 Å². The molecule has 0 unspecified atom stereocenters. The van der Waals surface area contributed by atoms with Gasteiger partial charge in [0, 0.05) is 11.7 Å². The molecule has 0 amide bonds. The minimum Gasteiger partial charge on any atom is -0.393 e. The predicted molar refractivity (Wildman–Crippen MR) is 110 cm³/mol. The summed E-state index contributed by atoms with van der Waals surface area (Å²) in [5.41, 5.74) is 3.21. The van der Waals surface area contributed by atoms with Gasteiger partial charge in [-0.2, -0.15) is 9.50 Å². The van der Waals surface area contributed by atoms with E-state index >= 15 is 0 Å². The van der Waals surface area contributed by atoms with E-state index < -0.39 is 0 Å². The number of imidazole rings is 1. The third kappa shape index (κ3) is 3.62. The van der Waals surface area contributed by atoms with Crippen LogP contribution in [0.25, 0.3) is 16.7 Å². The molecule has 1 fully saturated rings. The summed E-state index contributed by atoms with van der Waals surface area (Å²) in [6, 6.07) is 11.9. The van der Waals surface area contributed by atoms with Crippen molar-refractivity contribution in [1.82, 2.24) is 24.6 Å². The fourth-order valence-electron chi connectivity index (χ4n) is 3.84. The zero-order valence-electron chi connectivity index (χ0n) is 15.8. The summed E-state index contributed by atoms with van der Waals surface area (Å²) in [7, 11) is 0. The third-order valence-corrected chi connectivity index (χ3v) is 5.35. The van der Waals surface area contributed by atoms with Crippen LogP contribution >= 0.6 is 0 Å². The Hall–Kier alpha value is -3.17. The minimum absolute atomic E-state index is 0.124. The highest BCUT2D eigenvalue weighted by Gasteiger charge is 2.20. The number of aromatic nitrogens is 5. The second-order valence-electron chi connectivity index (χ2n) is 7.46. The van der Waals surface area contributed by atoms with Gasteiger partial charge in [0.05, 0.1) is 17.1 Å². The minimum atomic E-state index is -0.174. The maximum Gasteiger partial charge on any atom is 0.247 e. The van der Waals surface area contributed by atoms with Gasteiger partial charge in [-0.05, 0) is 56.0 Å². The van der Waals surface area contributed by atoms with Gasteiger partial charge < -0.3 is 25.8 Å². The molecule has 150 valence electrons. The number of hydrogen-bond acceptors (Lipinski definition) is 7. The SMILES string of the molecule is OCc1nc2ccc(Nc3nc4cccc(NC5CCC(O)CC5)n4n3)cc2[nH]1. The number of fused-ring (bicyclic) bond motifs is 2. The molecule has 0 bridgehead atoms. The Morgan fingerprint density at radius 3 is 2.79 bits per heavy atom. The highest BCUT2D eigenvalue weighted by Crippen LogP contribution is 2.24. The number of aromatic amines is 1. The van der Waals surface area contributed by atoms with Crippen molar-refractivity contribution in [3.8, 4) is 0 Å². The first kappa shape index (κ1) is 17.9. The van der Waals surface area contributed by atoms with Crippen LogP contribution in [0.1, 0.15) is 31.5 Å². The summed E-state index contributed by atoms with van der Waals surface area (Å²) in [6.45, 7) is -0.124. The van der Waals surface area contributed by atoms with Crippen molar-refractivity contribution in [3.63, 3.8) is 0 Å². The lowest BCUT2D eigenvalue weighted by Crippen LogP contribution is -2.29. The Kier molecular flexibility index (Phi) is 4.53. The average molecular weight is 393 g/mol. The monoisotopic (exact) mass is 393 g/mol. The number of H-pyrrole nitrogens is 1. The second-order valence-corrected chi connectivity index (χ2v) is 7.46. The van der Waals surface area contributed by atoms with Gasteiger partial charge in [-0.1, -0.05) is 6.07 Å². The standard InChI is InChI=1S/C20H23N7O2/c28-11-17-23-15-9-6-13(10-16(15)24-17)22-20-25-19-3-1-2-18(27(19)26-20)21-12-4-7-14(29)8-5-12/h1-3,6,9-10,12,14,21,28-29H,4-5,7-8,11H2,(H,22,26)(H,23,24). The summed E-state index contributed by atoms with van der Waals surface area (Å²) < 4.78 is 1.80. The summed E-state index contributed by atoms with van der Waals surface area (Å²) in [6.07, 6.45) is 3.36. The van der Waals surface area contributed by atoms with Crippen molar-refractivity contribution in [1.29, 1.82) is 0 Å². The average Bonchev–Trinajstić information content (AvgIpc) is 3.33. The number of rotatable bonds is 5. The second kappa shape index (κ2) is 7.34. The maximum atomic E-state index is 9.71. The van der Waals surface area contributed by atoms with Crippen LogP contribution in [0.3, 0.4) is 0 Å². The van der Waals surface area contributed by atoms with E-state index in [1.165, 1.54) is 0 Å². The molecule has 1 saturated carbocycles. The van der Waals surface area contributed by atoms with Crippen molar-refractivity contribution in [2.75, 3.05) is 10.6 Å². The maximum absolute atomic E-state index is 9.71. The molecule has 0 spiro atoms. The van der Waals surface area contributed by atoms with Crippen molar-refractivity contribution in [3.05, 3.63) is 42.2 Å². The van der Waals surface area contributed by atoms with E-state index in [2.05, 4.69) is 30.7 Å². The largest absolute Gasteiger partial charge is 0.393 e. The van der Waals surface area contributed by atoms with E-state index in [1.807, 2.05) is 36.4 Å². The van der Waals surface area contributed by atoms with Crippen molar-refractivity contribution in [2.45, 2.75) is 44.4 Å². The van der Waals surface area contributed by atoms with E-state index in [4.69, 9.17) is 0 Å². The smallest absolute Gasteiger partial charge is 0.247 e. The van der Waals surface area contributed by atoms with E-state index in [0.717, 1.165) is 53.9 Å². The molecule has 1 aliphatic carbocycles. The molecule has 3 heterocycles. The van der Waals surface area contributed by atoms with Crippen LogP contribution in [0.2, 0.25) is 0 Å². The van der Waals surface area contributed by atoms with Crippen LogP contribution in [0, 0.1) is 0 Å². The van der Waals surface area contributed by atoms with Gasteiger partial charge in [-0.15, -0.1) is 5.10 Å². The van der Waals surface area contributed by atoms with Crippen LogP contribution in [0.4, 0.5) is 17.5 Å². The number of hydrogen-bond donors (Lipinski definition) is 5. The number of benzene rings is 1. The lowest BCUT2D eigenvalue weighted by atomic mass is 9.93. The zero-order chi connectivity index (χ0) is 19.8. The summed E-state index contributed by atoms with van der Waals surface area (Å²) in [5, 5.41) is 30.3. The third-order valence-electron chi connectivity index (χ3n) is 5.35. The molecule has 4 aromatic rings. The molecule has 0 radical (unpaired) electrons. The molecular formula is C20H23N7O2. The number of nitrogens with zero attached hydrogens (tertiary/aromatic N) is 4. The van der Waals surface area contributed by atoms with Gasteiger partial charge >= 0.3 is 0 Å². The first-order valence-corrected chi connectivity index (χ1v) is 9.85. The molecule has 0 aliphatic heterocycles. The summed E-state index contributed by atoms with van der Waals surface area (Å²) in [4.78, 5) is 11.9. The van der Waals surface area contributed by atoms with Crippen LogP contribution in [0.15, 0.2) is 36.4 Å². The number of nitrogens with one attached hydrogen (secondary N) is 3. The zero-order valence-corrected chi connectivity index (χ0v) is 15.8.